The minimum atomic E-state index is -0.454. The quantitative estimate of drug-likeness (QED) is 0.344. The highest BCUT2D eigenvalue weighted by Gasteiger charge is 2.26. The van der Waals surface area contributed by atoms with Gasteiger partial charge in [0, 0.05) is 28.1 Å². The normalized spacial score (nSPS) is 15.7. The summed E-state index contributed by atoms with van der Waals surface area (Å²) in [5.41, 5.74) is 5.08. The van der Waals surface area contributed by atoms with Gasteiger partial charge in [-0.05, 0) is 55.4 Å². The van der Waals surface area contributed by atoms with Gasteiger partial charge in [-0.25, -0.2) is 9.59 Å². The van der Waals surface area contributed by atoms with Crippen molar-refractivity contribution in [2.45, 2.75) is 39.7 Å². The van der Waals surface area contributed by atoms with Crippen molar-refractivity contribution < 1.29 is 13.9 Å². The molecule has 0 amide bonds. The van der Waals surface area contributed by atoms with Crippen molar-refractivity contribution in [2.24, 2.45) is 5.92 Å². The summed E-state index contributed by atoms with van der Waals surface area (Å²) in [5.74, 6) is 0.116. The smallest absolute Gasteiger partial charge is 0.339 e. The van der Waals surface area contributed by atoms with Gasteiger partial charge < -0.3 is 9.15 Å². The fourth-order valence-electron chi connectivity index (χ4n) is 4.47. The molecular formula is C26H23NO4. The van der Waals surface area contributed by atoms with Crippen molar-refractivity contribution in [3.63, 3.8) is 0 Å². The maximum absolute atomic E-state index is 13.3. The van der Waals surface area contributed by atoms with Crippen LogP contribution in [0.15, 0.2) is 57.7 Å². The Balaban J connectivity index is 1.54. The molecule has 0 saturated carbocycles. The van der Waals surface area contributed by atoms with E-state index in [1.807, 2.05) is 49.4 Å². The number of para-hydroxylation sites is 1. The number of hydrogen-bond donors (Lipinski definition) is 0. The molecule has 0 spiro atoms. The number of hydrogen-bond acceptors (Lipinski definition) is 5. The maximum Gasteiger partial charge on any atom is 0.339 e. The zero-order valence-electron chi connectivity index (χ0n) is 17.6. The van der Waals surface area contributed by atoms with Crippen LogP contribution >= 0.6 is 0 Å². The number of carbonyl (C=O) groups excluding carboxylic acids is 1. The standard InChI is InChI=1S/C26H23NO4/c1-15-8-10-22-20(11-15)25(19-5-3-4-6-21(19)27-22)26(29)30-14-17-13-24(28)31-23-12-16(2)7-9-18(17)23/h3-7,9,12-13,15H,8,10-11,14H2,1-2H3. The molecule has 0 saturated heterocycles. The Bertz CT molecular complexity index is 1390. The van der Waals surface area contributed by atoms with Crippen LogP contribution in [0.4, 0.5) is 0 Å². The van der Waals surface area contributed by atoms with Crippen LogP contribution in [0.2, 0.25) is 0 Å². The second-order valence-corrected chi connectivity index (χ2v) is 8.44. The highest BCUT2D eigenvalue weighted by molar-refractivity contribution is 6.05. The van der Waals surface area contributed by atoms with E-state index >= 15 is 0 Å². The predicted molar refractivity (Wildman–Crippen MR) is 119 cm³/mol. The third-order valence-electron chi connectivity index (χ3n) is 6.05. The molecule has 1 aliphatic rings. The molecule has 156 valence electrons. The molecule has 1 aliphatic carbocycles. The summed E-state index contributed by atoms with van der Waals surface area (Å²) in [6.45, 7) is 4.14. The van der Waals surface area contributed by atoms with Crippen LogP contribution < -0.4 is 5.63 Å². The van der Waals surface area contributed by atoms with E-state index < -0.39 is 5.63 Å². The van der Waals surface area contributed by atoms with E-state index in [0.717, 1.165) is 52.4 Å². The van der Waals surface area contributed by atoms with Crippen molar-refractivity contribution in [1.29, 1.82) is 0 Å². The monoisotopic (exact) mass is 413 g/mol. The Morgan fingerprint density at radius 3 is 2.87 bits per heavy atom. The summed E-state index contributed by atoms with van der Waals surface area (Å²) >= 11 is 0. The lowest BCUT2D eigenvalue weighted by atomic mass is 9.84. The van der Waals surface area contributed by atoms with E-state index in [4.69, 9.17) is 14.1 Å². The molecule has 5 rings (SSSR count). The number of aryl methyl sites for hydroxylation is 2. The van der Waals surface area contributed by atoms with Crippen molar-refractivity contribution >= 4 is 27.8 Å². The lowest BCUT2D eigenvalue weighted by Gasteiger charge is -2.24. The Labute approximate surface area is 179 Å². The van der Waals surface area contributed by atoms with E-state index in [-0.39, 0.29) is 12.6 Å². The van der Waals surface area contributed by atoms with Gasteiger partial charge in [0.1, 0.15) is 12.2 Å². The van der Waals surface area contributed by atoms with Crippen LogP contribution in [0.5, 0.6) is 0 Å². The van der Waals surface area contributed by atoms with Crippen LogP contribution in [0.25, 0.3) is 21.9 Å². The van der Waals surface area contributed by atoms with E-state index in [9.17, 15) is 9.59 Å². The number of nitrogens with zero attached hydrogens (tertiary/aromatic N) is 1. The molecule has 0 bridgehead atoms. The van der Waals surface area contributed by atoms with Gasteiger partial charge in [-0.15, -0.1) is 0 Å². The van der Waals surface area contributed by atoms with Gasteiger partial charge in [0.25, 0.3) is 0 Å². The molecular weight excluding hydrogens is 390 g/mol. The Hall–Kier alpha value is -3.47. The second-order valence-electron chi connectivity index (χ2n) is 8.44. The van der Waals surface area contributed by atoms with Crippen LogP contribution in [0, 0.1) is 12.8 Å². The zero-order valence-corrected chi connectivity index (χ0v) is 17.6. The molecule has 0 fully saturated rings. The number of benzene rings is 2. The SMILES string of the molecule is Cc1ccc2c(COC(=O)c3c4c(nc5ccccc35)CCC(C)C4)cc(=O)oc2c1. The average Bonchev–Trinajstić information content (AvgIpc) is 2.75. The van der Waals surface area contributed by atoms with E-state index in [1.54, 1.807) is 0 Å². The van der Waals surface area contributed by atoms with Crippen LogP contribution in [0.1, 0.15) is 46.1 Å². The lowest BCUT2D eigenvalue weighted by molar-refractivity contribution is 0.0474. The molecule has 0 radical (unpaired) electrons. The summed E-state index contributed by atoms with van der Waals surface area (Å²) < 4.78 is 11.1. The van der Waals surface area contributed by atoms with Gasteiger partial charge in [0.05, 0.1) is 11.1 Å². The molecule has 1 atom stereocenters. The lowest BCUT2D eigenvalue weighted by Crippen LogP contribution is -2.19. The fourth-order valence-corrected chi connectivity index (χ4v) is 4.47. The van der Waals surface area contributed by atoms with Gasteiger partial charge in [0.15, 0.2) is 0 Å². The van der Waals surface area contributed by atoms with Crippen molar-refractivity contribution in [2.75, 3.05) is 0 Å². The second kappa shape index (κ2) is 7.65. The van der Waals surface area contributed by atoms with Crippen molar-refractivity contribution in [1.82, 2.24) is 4.98 Å². The molecule has 2 heterocycles. The molecule has 0 N–H and O–H groups in total. The van der Waals surface area contributed by atoms with Crippen LogP contribution in [-0.2, 0) is 24.2 Å². The minimum Gasteiger partial charge on any atom is -0.457 e. The number of fused-ring (bicyclic) bond motifs is 3. The van der Waals surface area contributed by atoms with Gasteiger partial charge in [0.2, 0.25) is 0 Å². The highest BCUT2D eigenvalue weighted by atomic mass is 16.5. The summed E-state index contributed by atoms with van der Waals surface area (Å²) in [6, 6.07) is 14.8. The summed E-state index contributed by atoms with van der Waals surface area (Å²) in [5, 5.41) is 1.58. The molecule has 0 aliphatic heterocycles. The average molecular weight is 413 g/mol. The first kappa shape index (κ1) is 19.5. The number of pyridine rings is 1. The molecule has 5 heteroatoms. The predicted octanol–water partition coefficient (Wildman–Crippen LogP) is 5.13. The Morgan fingerprint density at radius 2 is 2.00 bits per heavy atom. The zero-order chi connectivity index (χ0) is 21.5. The number of aromatic nitrogens is 1. The van der Waals surface area contributed by atoms with Crippen LogP contribution in [-0.4, -0.2) is 11.0 Å². The minimum absolute atomic E-state index is 0.00493. The fraction of sp³-hybridized carbons (Fsp3) is 0.269. The van der Waals surface area contributed by atoms with Crippen LogP contribution in [0.3, 0.4) is 0 Å². The molecule has 31 heavy (non-hydrogen) atoms. The summed E-state index contributed by atoms with van der Waals surface area (Å²) in [4.78, 5) is 30.2. The largest absolute Gasteiger partial charge is 0.457 e. The number of ether oxygens (including phenoxy) is 1. The Morgan fingerprint density at radius 1 is 1.16 bits per heavy atom. The topological polar surface area (TPSA) is 69.4 Å². The maximum atomic E-state index is 13.3. The number of esters is 1. The van der Waals surface area contributed by atoms with Crippen molar-refractivity contribution in [3.05, 3.63) is 86.9 Å². The van der Waals surface area contributed by atoms with E-state index in [0.29, 0.717) is 22.6 Å². The third kappa shape index (κ3) is 3.61. The third-order valence-corrected chi connectivity index (χ3v) is 6.05. The first-order valence-corrected chi connectivity index (χ1v) is 10.6. The Kier molecular flexibility index (Phi) is 4.81. The molecule has 2 aromatic heterocycles. The molecule has 4 aromatic rings. The van der Waals surface area contributed by atoms with E-state index in [2.05, 4.69) is 6.92 Å². The first-order chi connectivity index (χ1) is 15.0. The van der Waals surface area contributed by atoms with Gasteiger partial charge in [-0.1, -0.05) is 37.3 Å². The summed E-state index contributed by atoms with van der Waals surface area (Å²) in [6.07, 6.45) is 2.75. The molecule has 2 aromatic carbocycles. The van der Waals surface area contributed by atoms with E-state index in [1.165, 1.54) is 6.07 Å². The van der Waals surface area contributed by atoms with Gasteiger partial charge in [-0.3, -0.25) is 4.98 Å². The molecule has 5 nitrogen and oxygen atoms in total. The highest BCUT2D eigenvalue weighted by Crippen LogP contribution is 2.32. The first-order valence-electron chi connectivity index (χ1n) is 10.6. The summed E-state index contributed by atoms with van der Waals surface area (Å²) in [7, 11) is 0. The van der Waals surface area contributed by atoms with Gasteiger partial charge >= 0.3 is 11.6 Å². The molecule has 1 unspecified atom stereocenters. The number of rotatable bonds is 3. The van der Waals surface area contributed by atoms with Crippen molar-refractivity contribution in [3.8, 4) is 0 Å². The number of carbonyl (C=O) groups is 1. The van der Waals surface area contributed by atoms with Gasteiger partial charge in [-0.2, -0.15) is 0 Å².